The molecule has 5 rings (SSSR count). The van der Waals surface area contributed by atoms with E-state index in [4.69, 9.17) is 16.3 Å². The average molecular weight is 500 g/mol. The summed E-state index contributed by atoms with van der Waals surface area (Å²) in [5.74, 6) is 1.01. The maximum atomic E-state index is 13.7. The maximum Gasteiger partial charge on any atom is 0.231 e. The molecule has 0 unspecified atom stereocenters. The minimum absolute atomic E-state index is 0.142. The third kappa shape index (κ3) is 5.31. The van der Waals surface area contributed by atoms with E-state index in [0.717, 1.165) is 48.7 Å². The number of aliphatic hydroxyl groups excluding tert-OH is 1. The number of aromatic nitrogens is 2. The van der Waals surface area contributed by atoms with Crippen LogP contribution in [0.4, 0.5) is 5.82 Å². The first-order valence-corrected chi connectivity index (χ1v) is 13.0. The molecule has 8 nitrogen and oxygen atoms in total. The van der Waals surface area contributed by atoms with Gasteiger partial charge in [0.1, 0.15) is 12.1 Å². The van der Waals surface area contributed by atoms with Crippen LogP contribution in [0.3, 0.4) is 0 Å². The second-order valence-corrected chi connectivity index (χ2v) is 10.3. The zero-order chi connectivity index (χ0) is 24.4. The fourth-order valence-corrected chi connectivity index (χ4v) is 5.67. The van der Waals surface area contributed by atoms with Crippen LogP contribution in [0.2, 0.25) is 5.02 Å². The third-order valence-electron chi connectivity index (χ3n) is 7.57. The van der Waals surface area contributed by atoms with Gasteiger partial charge in [-0.1, -0.05) is 30.7 Å². The minimum Gasteiger partial charge on any atom is -0.387 e. The van der Waals surface area contributed by atoms with Crippen molar-refractivity contribution in [1.29, 1.82) is 0 Å². The molecule has 0 bridgehead atoms. The number of fused-ring (bicyclic) bond motifs is 1. The van der Waals surface area contributed by atoms with Crippen LogP contribution in [0, 0.1) is 0 Å². The highest BCUT2D eigenvalue weighted by Gasteiger charge is 2.35. The lowest BCUT2D eigenvalue weighted by Crippen LogP contribution is -2.51. The lowest BCUT2D eigenvalue weighted by Gasteiger charge is -2.38. The number of aliphatic hydroxyl groups is 1. The van der Waals surface area contributed by atoms with E-state index in [1.807, 2.05) is 29.2 Å². The summed E-state index contributed by atoms with van der Waals surface area (Å²) >= 11 is 6.12. The molecule has 35 heavy (non-hydrogen) atoms. The normalized spacial score (nSPS) is 23.9. The molecule has 1 aromatic carbocycles. The number of halogens is 1. The fourth-order valence-electron chi connectivity index (χ4n) is 5.54. The lowest BCUT2D eigenvalue weighted by atomic mass is 9.96. The van der Waals surface area contributed by atoms with E-state index >= 15 is 0 Å². The van der Waals surface area contributed by atoms with Crippen molar-refractivity contribution < 1.29 is 14.6 Å². The monoisotopic (exact) mass is 499 g/mol. The van der Waals surface area contributed by atoms with Gasteiger partial charge >= 0.3 is 0 Å². The van der Waals surface area contributed by atoms with Crippen LogP contribution in [0.15, 0.2) is 30.6 Å². The Hall–Kier alpha value is -2.26. The highest BCUT2D eigenvalue weighted by molar-refractivity contribution is 6.30. The Balaban J connectivity index is 1.27. The lowest BCUT2D eigenvalue weighted by molar-refractivity contribution is -0.133. The predicted octanol–water partition coefficient (Wildman–Crippen LogP) is 2.87. The van der Waals surface area contributed by atoms with Crippen LogP contribution in [0.5, 0.6) is 0 Å². The molecule has 2 fully saturated rings. The molecule has 3 heterocycles. The first kappa shape index (κ1) is 24.4. The zero-order valence-electron chi connectivity index (χ0n) is 20.2. The maximum absolute atomic E-state index is 13.7. The Morgan fingerprint density at radius 1 is 1.17 bits per heavy atom. The first-order chi connectivity index (χ1) is 17.0. The van der Waals surface area contributed by atoms with Crippen LogP contribution < -0.4 is 10.2 Å². The van der Waals surface area contributed by atoms with Crippen LogP contribution in [-0.4, -0.2) is 77.9 Å². The van der Waals surface area contributed by atoms with E-state index in [-0.39, 0.29) is 17.7 Å². The van der Waals surface area contributed by atoms with Gasteiger partial charge in [0.2, 0.25) is 5.91 Å². The number of amides is 1. The van der Waals surface area contributed by atoms with Crippen LogP contribution in [0.1, 0.15) is 60.9 Å². The van der Waals surface area contributed by atoms with Crippen molar-refractivity contribution in [3.63, 3.8) is 0 Å². The van der Waals surface area contributed by atoms with Gasteiger partial charge < -0.3 is 25.0 Å². The number of hydrogen-bond acceptors (Lipinski definition) is 7. The summed E-state index contributed by atoms with van der Waals surface area (Å²) in [6, 6.07) is 8.01. The number of nitrogens with one attached hydrogen (secondary N) is 1. The summed E-state index contributed by atoms with van der Waals surface area (Å²) in [5.41, 5.74) is 2.79. The van der Waals surface area contributed by atoms with Gasteiger partial charge in [0.15, 0.2) is 0 Å². The molecule has 3 atom stereocenters. The fraction of sp³-hybridized carbons (Fsp3) is 0.577. The smallest absolute Gasteiger partial charge is 0.231 e. The summed E-state index contributed by atoms with van der Waals surface area (Å²) in [7, 11) is 0. The summed E-state index contributed by atoms with van der Waals surface area (Å²) in [5, 5.41) is 14.6. The van der Waals surface area contributed by atoms with Gasteiger partial charge in [0, 0.05) is 62.6 Å². The van der Waals surface area contributed by atoms with Gasteiger partial charge in [-0.3, -0.25) is 4.79 Å². The Morgan fingerprint density at radius 2 is 1.89 bits per heavy atom. The summed E-state index contributed by atoms with van der Waals surface area (Å²) in [6.07, 6.45) is 3.65. The molecule has 9 heteroatoms. The van der Waals surface area contributed by atoms with Crippen molar-refractivity contribution >= 4 is 23.3 Å². The van der Waals surface area contributed by atoms with E-state index in [1.165, 1.54) is 0 Å². The number of anilines is 1. The number of benzene rings is 1. The van der Waals surface area contributed by atoms with Crippen molar-refractivity contribution in [1.82, 2.24) is 20.2 Å². The molecular weight excluding hydrogens is 466 g/mol. The molecule has 2 saturated heterocycles. The van der Waals surface area contributed by atoms with Crippen LogP contribution in [0.25, 0.3) is 0 Å². The first-order valence-electron chi connectivity index (χ1n) is 12.6. The van der Waals surface area contributed by atoms with E-state index in [9.17, 15) is 9.90 Å². The quantitative estimate of drug-likeness (QED) is 0.631. The Kier molecular flexibility index (Phi) is 7.53. The van der Waals surface area contributed by atoms with Crippen molar-refractivity contribution in [2.24, 2.45) is 0 Å². The molecular formula is C26H34ClN5O3. The molecule has 188 valence electrons. The Morgan fingerprint density at radius 3 is 2.60 bits per heavy atom. The van der Waals surface area contributed by atoms with Crippen LogP contribution >= 0.6 is 11.6 Å². The van der Waals surface area contributed by atoms with Gasteiger partial charge in [-0.05, 0) is 42.9 Å². The van der Waals surface area contributed by atoms with Gasteiger partial charge in [-0.15, -0.1) is 0 Å². The molecule has 0 radical (unpaired) electrons. The molecule has 1 aliphatic carbocycles. The number of nitrogens with zero attached hydrogens (tertiary/aromatic N) is 4. The van der Waals surface area contributed by atoms with E-state index < -0.39 is 6.10 Å². The molecule has 1 aromatic heterocycles. The van der Waals surface area contributed by atoms with Gasteiger partial charge in [-0.25, -0.2) is 9.97 Å². The topological polar surface area (TPSA) is 90.8 Å². The minimum atomic E-state index is -0.520. The summed E-state index contributed by atoms with van der Waals surface area (Å²) in [6.45, 7) is 6.93. The van der Waals surface area contributed by atoms with Gasteiger partial charge in [0.25, 0.3) is 0 Å². The highest BCUT2D eigenvalue weighted by atomic mass is 35.5. The van der Waals surface area contributed by atoms with Crippen molar-refractivity contribution in [2.75, 3.05) is 50.8 Å². The SMILES string of the molecule is C[C@@H]1C[C@@H](O)c2ncnc(N3CCN(C(=O)[C@H](CNC4CCOCC4)c4ccc(Cl)cc4)CC3)c21. The highest BCUT2D eigenvalue weighted by Crippen LogP contribution is 2.42. The number of ether oxygens (including phenoxy) is 1. The molecule has 2 N–H and O–H groups in total. The molecule has 2 aromatic rings. The number of hydrogen-bond donors (Lipinski definition) is 2. The average Bonchev–Trinajstić information content (AvgIpc) is 3.19. The van der Waals surface area contributed by atoms with Crippen molar-refractivity contribution in [3.05, 3.63) is 52.4 Å². The molecule has 3 aliphatic rings. The van der Waals surface area contributed by atoms with E-state index in [0.29, 0.717) is 50.2 Å². The standard InChI is InChI=1S/C26H34ClN5O3/c1-17-14-22(33)24-23(17)25(30-16-29-24)31-8-10-32(11-9-31)26(34)21(18-2-4-19(27)5-3-18)15-28-20-6-12-35-13-7-20/h2-5,16-17,20-22,28,33H,6-15H2,1H3/t17-,21-,22-/m1/s1. The predicted molar refractivity (Wildman–Crippen MR) is 135 cm³/mol. The van der Waals surface area contributed by atoms with Crippen molar-refractivity contribution in [2.45, 2.75) is 50.2 Å². The number of piperazine rings is 1. The largest absolute Gasteiger partial charge is 0.387 e. The molecule has 0 saturated carbocycles. The molecule has 0 spiro atoms. The second-order valence-electron chi connectivity index (χ2n) is 9.86. The number of rotatable bonds is 6. The van der Waals surface area contributed by atoms with E-state index in [2.05, 4.69) is 27.1 Å². The molecule has 1 amide bonds. The van der Waals surface area contributed by atoms with Crippen LogP contribution in [-0.2, 0) is 9.53 Å². The number of carbonyl (C=O) groups is 1. The molecule has 2 aliphatic heterocycles. The van der Waals surface area contributed by atoms with Gasteiger partial charge in [0.05, 0.1) is 17.7 Å². The van der Waals surface area contributed by atoms with Gasteiger partial charge in [-0.2, -0.15) is 0 Å². The second kappa shape index (κ2) is 10.8. The van der Waals surface area contributed by atoms with E-state index in [1.54, 1.807) is 6.33 Å². The Bertz CT molecular complexity index is 1020. The summed E-state index contributed by atoms with van der Waals surface area (Å²) in [4.78, 5) is 26.8. The Labute approximate surface area is 211 Å². The zero-order valence-corrected chi connectivity index (χ0v) is 21.0. The summed E-state index contributed by atoms with van der Waals surface area (Å²) < 4.78 is 5.48. The van der Waals surface area contributed by atoms with Crippen molar-refractivity contribution in [3.8, 4) is 0 Å². The number of carbonyl (C=O) groups excluding carboxylic acids is 1. The third-order valence-corrected chi connectivity index (χ3v) is 7.82.